The molecule has 16 heavy (non-hydrogen) atoms. The average Bonchev–Trinajstić information content (AvgIpc) is 2.75. The minimum absolute atomic E-state index is 0.0886. The van der Waals surface area contributed by atoms with Gasteiger partial charge in [0, 0.05) is 5.56 Å². The Balaban J connectivity index is 2.49. The van der Waals surface area contributed by atoms with Crippen molar-refractivity contribution < 1.29 is 4.79 Å². The number of nitrogens with zero attached hydrogens (tertiary/aromatic N) is 2. The lowest BCUT2D eigenvalue weighted by molar-refractivity contribution is 0.103. The molecular formula is C12H13N3O. The Bertz CT molecular complexity index is 529. The highest BCUT2D eigenvalue weighted by Crippen LogP contribution is 2.17. The smallest absolute Gasteiger partial charge is 0.215 e. The van der Waals surface area contributed by atoms with Crippen molar-refractivity contribution in [3.8, 4) is 0 Å². The third-order valence-electron chi connectivity index (χ3n) is 2.73. The Labute approximate surface area is 93.7 Å². The van der Waals surface area contributed by atoms with E-state index in [9.17, 15) is 4.79 Å². The third-order valence-corrected chi connectivity index (χ3v) is 2.73. The van der Waals surface area contributed by atoms with Gasteiger partial charge < -0.3 is 0 Å². The van der Waals surface area contributed by atoms with Gasteiger partial charge in [0.25, 0.3) is 0 Å². The van der Waals surface area contributed by atoms with Crippen LogP contribution in [0.1, 0.15) is 32.7 Å². The zero-order valence-corrected chi connectivity index (χ0v) is 9.53. The molecule has 1 aromatic heterocycles. The molecule has 0 fully saturated rings. The molecule has 2 aromatic rings. The van der Waals surface area contributed by atoms with Gasteiger partial charge in [-0.1, -0.05) is 6.07 Å². The van der Waals surface area contributed by atoms with E-state index in [-0.39, 0.29) is 5.78 Å². The molecule has 1 aromatic carbocycles. The number of benzene rings is 1. The second-order valence-corrected chi connectivity index (χ2v) is 3.94. The van der Waals surface area contributed by atoms with E-state index in [1.54, 1.807) is 0 Å². The highest BCUT2D eigenvalue weighted by Gasteiger charge is 2.15. The standard InChI is InChI=1S/C12H13N3O/c1-7-4-9(3)10(5-8(7)2)12(16)11-6-13-15-14-11/h4-6H,1-3H3,(H,13,14,15). The number of hydrogen-bond acceptors (Lipinski definition) is 3. The summed E-state index contributed by atoms with van der Waals surface area (Å²) < 4.78 is 0. The molecule has 82 valence electrons. The van der Waals surface area contributed by atoms with Gasteiger partial charge in [-0.15, -0.1) is 0 Å². The molecule has 0 saturated heterocycles. The Morgan fingerprint density at radius 1 is 1.12 bits per heavy atom. The molecular weight excluding hydrogens is 202 g/mol. The van der Waals surface area contributed by atoms with E-state index in [0.29, 0.717) is 11.3 Å². The maximum atomic E-state index is 12.1. The number of aromatic nitrogens is 3. The summed E-state index contributed by atoms with van der Waals surface area (Å²) in [5, 5.41) is 9.89. The summed E-state index contributed by atoms with van der Waals surface area (Å²) in [6.45, 7) is 5.96. The molecule has 0 saturated carbocycles. The first-order valence-corrected chi connectivity index (χ1v) is 5.08. The van der Waals surface area contributed by atoms with Crippen LogP contribution >= 0.6 is 0 Å². The van der Waals surface area contributed by atoms with E-state index in [4.69, 9.17) is 0 Å². The normalized spacial score (nSPS) is 10.4. The van der Waals surface area contributed by atoms with Crippen molar-refractivity contribution in [1.82, 2.24) is 15.4 Å². The molecule has 0 bridgehead atoms. The lowest BCUT2D eigenvalue weighted by Crippen LogP contribution is -2.05. The van der Waals surface area contributed by atoms with Crippen LogP contribution < -0.4 is 0 Å². The van der Waals surface area contributed by atoms with E-state index in [1.165, 1.54) is 11.8 Å². The van der Waals surface area contributed by atoms with Gasteiger partial charge >= 0.3 is 0 Å². The first-order valence-electron chi connectivity index (χ1n) is 5.08. The van der Waals surface area contributed by atoms with Gasteiger partial charge in [-0.3, -0.25) is 4.79 Å². The molecule has 0 aliphatic rings. The molecule has 2 rings (SSSR count). The van der Waals surface area contributed by atoms with E-state index < -0.39 is 0 Å². The molecule has 4 heteroatoms. The van der Waals surface area contributed by atoms with Gasteiger partial charge in [0.15, 0.2) is 5.69 Å². The van der Waals surface area contributed by atoms with Crippen molar-refractivity contribution >= 4 is 5.78 Å². The van der Waals surface area contributed by atoms with E-state index >= 15 is 0 Å². The topological polar surface area (TPSA) is 58.6 Å². The zero-order chi connectivity index (χ0) is 11.7. The van der Waals surface area contributed by atoms with Crippen LogP contribution in [0.4, 0.5) is 0 Å². The maximum Gasteiger partial charge on any atom is 0.215 e. The van der Waals surface area contributed by atoms with Gasteiger partial charge in [-0.2, -0.15) is 15.4 Å². The van der Waals surface area contributed by atoms with Crippen LogP contribution in [0.5, 0.6) is 0 Å². The number of carbonyl (C=O) groups excluding carboxylic acids is 1. The van der Waals surface area contributed by atoms with Crippen molar-refractivity contribution in [1.29, 1.82) is 0 Å². The van der Waals surface area contributed by atoms with Gasteiger partial charge in [-0.25, -0.2) is 0 Å². The molecule has 0 unspecified atom stereocenters. The van der Waals surface area contributed by atoms with Crippen LogP contribution in [0.25, 0.3) is 0 Å². The predicted molar refractivity (Wildman–Crippen MR) is 60.5 cm³/mol. The van der Waals surface area contributed by atoms with Crippen LogP contribution in [-0.2, 0) is 0 Å². The Hall–Kier alpha value is -1.97. The van der Waals surface area contributed by atoms with Crippen molar-refractivity contribution in [3.63, 3.8) is 0 Å². The summed E-state index contributed by atoms with van der Waals surface area (Å²) in [5.41, 5.74) is 4.31. The first-order chi connectivity index (χ1) is 7.59. The van der Waals surface area contributed by atoms with Gasteiger partial charge in [0.05, 0.1) is 6.20 Å². The van der Waals surface area contributed by atoms with Crippen LogP contribution in [0.3, 0.4) is 0 Å². The molecule has 0 amide bonds. The predicted octanol–water partition coefficient (Wildman–Crippen LogP) is 1.96. The van der Waals surface area contributed by atoms with Gasteiger partial charge in [0.1, 0.15) is 0 Å². The van der Waals surface area contributed by atoms with Crippen LogP contribution in [0.2, 0.25) is 0 Å². The number of aromatic amines is 1. The SMILES string of the molecule is Cc1cc(C)c(C(=O)c2cn[nH]n2)cc1C. The summed E-state index contributed by atoms with van der Waals surface area (Å²) >= 11 is 0. The number of rotatable bonds is 2. The summed E-state index contributed by atoms with van der Waals surface area (Å²) in [7, 11) is 0. The Morgan fingerprint density at radius 3 is 2.44 bits per heavy atom. The summed E-state index contributed by atoms with van der Waals surface area (Å²) in [6.07, 6.45) is 1.44. The van der Waals surface area contributed by atoms with Crippen molar-refractivity contribution in [3.05, 3.63) is 46.3 Å². The third kappa shape index (κ3) is 1.74. The largest absolute Gasteiger partial charge is 0.287 e. The van der Waals surface area contributed by atoms with Gasteiger partial charge in [-0.05, 0) is 43.5 Å². The number of hydrogen-bond donors (Lipinski definition) is 1. The monoisotopic (exact) mass is 215 g/mol. The lowest BCUT2D eigenvalue weighted by atomic mass is 9.97. The van der Waals surface area contributed by atoms with Crippen LogP contribution in [0.15, 0.2) is 18.3 Å². The lowest BCUT2D eigenvalue weighted by Gasteiger charge is -2.07. The fraction of sp³-hybridized carbons (Fsp3) is 0.250. The minimum atomic E-state index is -0.0886. The summed E-state index contributed by atoms with van der Waals surface area (Å²) in [6, 6.07) is 3.92. The van der Waals surface area contributed by atoms with Crippen molar-refractivity contribution in [2.24, 2.45) is 0 Å². The maximum absolute atomic E-state index is 12.1. The van der Waals surface area contributed by atoms with Crippen LogP contribution in [0, 0.1) is 20.8 Å². The summed E-state index contributed by atoms with van der Waals surface area (Å²) in [5.74, 6) is -0.0886. The highest BCUT2D eigenvalue weighted by atomic mass is 16.1. The van der Waals surface area contributed by atoms with E-state index in [2.05, 4.69) is 15.4 Å². The second-order valence-electron chi connectivity index (χ2n) is 3.94. The fourth-order valence-electron chi connectivity index (χ4n) is 1.65. The number of carbonyl (C=O) groups is 1. The molecule has 1 heterocycles. The van der Waals surface area contributed by atoms with Crippen molar-refractivity contribution in [2.45, 2.75) is 20.8 Å². The fourth-order valence-corrected chi connectivity index (χ4v) is 1.65. The average molecular weight is 215 g/mol. The van der Waals surface area contributed by atoms with E-state index in [1.807, 2.05) is 32.9 Å². The minimum Gasteiger partial charge on any atom is -0.287 e. The quantitative estimate of drug-likeness (QED) is 0.779. The molecule has 0 atom stereocenters. The molecule has 4 nitrogen and oxygen atoms in total. The Morgan fingerprint density at radius 2 is 1.81 bits per heavy atom. The number of aryl methyl sites for hydroxylation is 3. The molecule has 0 aliphatic carbocycles. The Kier molecular flexibility index (Phi) is 2.56. The molecule has 0 aliphatic heterocycles. The van der Waals surface area contributed by atoms with Crippen LogP contribution in [-0.4, -0.2) is 21.2 Å². The molecule has 0 radical (unpaired) electrons. The number of nitrogens with one attached hydrogen (secondary N) is 1. The van der Waals surface area contributed by atoms with Crippen molar-refractivity contribution in [2.75, 3.05) is 0 Å². The number of ketones is 1. The molecule has 1 N–H and O–H groups in total. The van der Waals surface area contributed by atoms with Gasteiger partial charge in [0.2, 0.25) is 5.78 Å². The summed E-state index contributed by atoms with van der Waals surface area (Å²) in [4.78, 5) is 12.1. The second kappa shape index (κ2) is 3.89. The highest BCUT2D eigenvalue weighted by molar-refractivity contribution is 6.08. The zero-order valence-electron chi connectivity index (χ0n) is 9.53. The first kappa shape index (κ1) is 10.5. The number of H-pyrrole nitrogens is 1. The molecule has 0 spiro atoms. The van der Waals surface area contributed by atoms with E-state index in [0.717, 1.165) is 11.1 Å².